The summed E-state index contributed by atoms with van der Waals surface area (Å²) in [6, 6.07) is 16.2. The van der Waals surface area contributed by atoms with Crippen molar-refractivity contribution in [2.75, 3.05) is 19.7 Å². The van der Waals surface area contributed by atoms with Gasteiger partial charge in [-0.05, 0) is 50.1 Å². The predicted octanol–water partition coefficient (Wildman–Crippen LogP) is 5.39. The number of amides is 1. The topological polar surface area (TPSA) is 29.5 Å². The molecule has 26 heavy (non-hydrogen) atoms. The van der Waals surface area contributed by atoms with Crippen LogP contribution in [0.1, 0.15) is 48.5 Å². The van der Waals surface area contributed by atoms with Crippen molar-refractivity contribution in [3.8, 4) is 5.75 Å². The third-order valence-electron chi connectivity index (χ3n) is 4.64. The summed E-state index contributed by atoms with van der Waals surface area (Å²) in [6.07, 6.45) is 4.68. The first-order chi connectivity index (χ1) is 12.8. The van der Waals surface area contributed by atoms with Gasteiger partial charge in [0.2, 0.25) is 0 Å². The molecule has 0 spiro atoms. The molecule has 1 aliphatic heterocycles. The van der Waals surface area contributed by atoms with Crippen LogP contribution in [0.5, 0.6) is 5.75 Å². The number of rotatable bonds is 6. The van der Waals surface area contributed by atoms with Crippen molar-refractivity contribution in [3.63, 3.8) is 0 Å². The second-order valence-corrected chi connectivity index (χ2v) is 7.61. The maximum atomic E-state index is 12.9. The maximum Gasteiger partial charge on any atom is 0.253 e. The molecule has 0 N–H and O–H groups in total. The van der Waals surface area contributed by atoms with Gasteiger partial charge >= 0.3 is 0 Å². The number of carbonyl (C=O) groups excluding carboxylic acids is 1. The van der Waals surface area contributed by atoms with Crippen molar-refractivity contribution >= 4 is 17.7 Å². The Morgan fingerprint density at radius 2 is 1.77 bits per heavy atom. The van der Waals surface area contributed by atoms with E-state index in [2.05, 4.69) is 12.1 Å². The van der Waals surface area contributed by atoms with E-state index < -0.39 is 0 Å². The van der Waals surface area contributed by atoms with Gasteiger partial charge in [0.25, 0.3) is 5.91 Å². The Kier molecular flexibility index (Phi) is 7.01. The summed E-state index contributed by atoms with van der Waals surface area (Å²) >= 11 is 1.77. The number of benzene rings is 2. The van der Waals surface area contributed by atoms with Gasteiger partial charge in [-0.15, -0.1) is 11.8 Å². The minimum atomic E-state index is 0.154. The van der Waals surface area contributed by atoms with Crippen LogP contribution in [0.15, 0.2) is 53.4 Å². The van der Waals surface area contributed by atoms with Crippen LogP contribution in [0.3, 0.4) is 0 Å². The number of thioether (sulfide) groups is 1. The third kappa shape index (κ3) is 5.04. The Labute approximate surface area is 160 Å². The maximum absolute atomic E-state index is 12.9. The Bertz CT molecular complexity index is 709. The van der Waals surface area contributed by atoms with Crippen LogP contribution in [0.4, 0.5) is 0 Å². The van der Waals surface area contributed by atoms with E-state index in [0.717, 1.165) is 48.6 Å². The predicted molar refractivity (Wildman–Crippen MR) is 108 cm³/mol. The van der Waals surface area contributed by atoms with Gasteiger partial charge in [-0.25, -0.2) is 0 Å². The Balaban J connectivity index is 1.77. The van der Waals surface area contributed by atoms with Gasteiger partial charge in [0.05, 0.1) is 6.61 Å². The van der Waals surface area contributed by atoms with E-state index in [-0.39, 0.29) is 5.91 Å². The molecule has 1 amide bonds. The smallest absolute Gasteiger partial charge is 0.253 e. The molecule has 2 aromatic rings. The molecule has 3 rings (SSSR count). The molecular weight excluding hydrogens is 342 g/mol. The third-order valence-corrected chi connectivity index (χ3v) is 5.70. The highest BCUT2D eigenvalue weighted by Crippen LogP contribution is 2.29. The van der Waals surface area contributed by atoms with Crippen LogP contribution in [-0.4, -0.2) is 30.5 Å². The first-order valence-corrected chi connectivity index (χ1v) is 10.5. The summed E-state index contributed by atoms with van der Waals surface area (Å²) in [7, 11) is 0. The highest BCUT2D eigenvalue weighted by Gasteiger charge is 2.18. The number of likely N-dealkylation sites (tertiary alicyclic amines) is 1. The zero-order valence-corrected chi connectivity index (χ0v) is 16.3. The number of hydrogen-bond donors (Lipinski definition) is 0. The zero-order chi connectivity index (χ0) is 18.2. The lowest BCUT2D eigenvalue weighted by atomic mass is 10.1. The minimum Gasteiger partial charge on any atom is -0.494 e. The Hall–Kier alpha value is -1.94. The molecule has 1 saturated heterocycles. The van der Waals surface area contributed by atoms with Gasteiger partial charge in [-0.2, -0.15) is 0 Å². The molecule has 1 fully saturated rings. The summed E-state index contributed by atoms with van der Waals surface area (Å²) in [4.78, 5) is 16.2. The standard InChI is InChI=1S/C22H27NO2S/c1-2-25-21-13-12-18(22(24)23-14-8-3-4-9-15-23)16-19(21)17-26-20-10-6-5-7-11-20/h5-7,10-13,16H,2-4,8-9,14-15,17H2,1H3. The van der Waals surface area contributed by atoms with Crippen molar-refractivity contribution < 1.29 is 9.53 Å². The van der Waals surface area contributed by atoms with Crippen molar-refractivity contribution in [3.05, 3.63) is 59.7 Å². The monoisotopic (exact) mass is 369 g/mol. The fraction of sp³-hybridized carbons (Fsp3) is 0.409. The van der Waals surface area contributed by atoms with Crippen LogP contribution in [0.2, 0.25) is 0 Å². The normalized spacial score (nSPS) is 14.7. The van der Waals surface area contributed by atoms with Crippen molar-refractivity contribution in [2.24, 2.45) is 0 Å². The van der Waals surface area contributed by atoms with Crippen LogP contribution in [0, 0.1) is 0 Å². The number of carbonyl (C=O) groups is 1. The number of hydrogen-bond acceptors (Lipinski definition) is 3. The molecule has 0 radical (unpaired) electrons. The van der Waals surface area contributed by atoms with E-state index in [1.165, 1.54) is 17.7 Å². The lowest BCUT2D eigenvalue weighted by molar-refractivity contribution is 0.0761. The van der Waals surface area contributed by atoms with E-state index in [1.807, 2.05) is 48.2 Å². The summed E-state index contributed by atoms with van der Waals surface area (Å²) in [6.45, 7) is 4.37. The van der Waals surface area contributed by atoms with Crippen LogP contribution >= 0.6 is 11.8 Å². The lowest BCUT2D eigenvalue weighted by Gasteiger charge is -2.21. The van der Waals surface area contributed by atoms with Gasteiger partial charge in [0.15, 0.2) is 0 Å². The molecule has 3 nitrogen and oxygen atoms in total. The largest absolute Gasteiger partial charge is 0.494 e. The van der Waals surface area contributed by atoms with Crippen molar-refractivity contribution in [1.29, 1.82) is 0 Å². The summed E-state index contributed by atoms with van der Waals surface area (Å²) in [5.74, 6) is 1.82. The van der Waals surface area contributed by atoms with Crippen molar-refractivity contribution in [2.45, 2.75) is 43.3 Å². The molecule has 0 aromatic heterocycles. The quantitative estimate of drug-likeness (QED) is 0.639. The van der Waals surface area contributed by atoms with Gasteiger partial charge in [-0.3, -0.25) is 4.79 Å². The first kappa shape index (κ1) is 18.8. The SMILES string of the molecule is CCOc1ccc(C(=O)N2CCCCCC2)cc1CSc1ccccc1. The van der Waals surface area contributed by atoms with Crippen LogP contribution in [-0.2, 0) is 5.75 Å². The second-order valence-electron chi connectivity index (χ2n) is 6.56. The highest BCUT2D eigenvalue weighted by atomic mass is 32.2. The van der Waals surface area contributed by atoms with Crippen molar-refractivity contribution in [1.82, 2.24) is 4.90 Å². The number of ether oxygens (including phenoxy) is 1. The van der Waals surface area contributed by atoms with E-state index in [1.54, 1.807) is 11.8 Å². The van der Waals surface area contributed by atoms with E-state index in [9.17, 15) is 4.79 Å². The summed E-state index contributed by atoms with van der Waals surface area (Å²) < 4.78 is 5.79. The molecule has 1 heterocycles. The second kappa shape index (κ2) is 9.67. The van der Waals surface area contributed by atoms with Crippen LogP contribution in [0.25, 0.3) is 0 Å². The minimum absolute atomic E-state index is 0.154. The fourth-order valence-electron chi connectivity index (χ4n) is 3.26. The van der Waals surface area contributed by atoms with Gasteiger partial charge in [0.1, 0.15) is 5.75 Å². The molecule has 0 aliphatic carbocycles. The molecule has 0 atom stereocenters. The molecule has 0 bridgehead atoms. The Morgan fingerprint density at radius 1 is 1.04 bits per heavy atom. The van der Waals surface area contributed by atoms with Gasteiger partial charge in [0, 0.05) is 34.9 Å². The molecular formula is C22H27NO2S. The molecule has 4 heteroatoms. The molecule has 2 aromatic carbocycles. The van der Waals surface area contributed by atoms with E-state index in [0.29, 0.717) is 6.61 Å². The average Bonchev–Trinajstić information content (AvgIpc) is 2.97. The van der Waals surface area contributed by atoms with Gasteiger partial charge < -0.3 is 9.64 Å². The molecule has 138 valence electrons. The molecule has 0 saturated carbocycles. The molecule has 0 unspecified atom stereocenters. The highest BCUT2D eigenvalue weighted by molar-refractivity contribution is 7.98. The first-order valence-electron chi connectivity index (χ1n) is 9.51. The number of nitrogens with zero attached hydrogens (tertiary/aromatic N) is 1. The fourth-order valence-corrected chi connectivity index (χ4v) is 4.15. The van der Waals surface area contributed by atoms with E-state index in [4.69, 9.17) is 4.74 Å². The molecule has 1 aliphatic rings. The van der Waals surface area contributed by atoms with Crippen LogP contribution < -0.4 is 4.74 Å². The van der Waals surface area contributed by atoms with Gasteiger partial charge in [-0.1, -0.05) is 31.0 Å². The van der Waals surface area contributed by atoms with E-state index >= 15 is 0 Å². The summed E-state index contributed by atoms with van der Waals surface area (Å²) in [5, 5.41) is 0. The lowest BCUT2D eigenvalue weighted by Crippen LogP contribution is -2.31. The summed E-state index contributed by atoms with van der Waals surface area (Å²) in [5.41, 5.74) is 1.86. The Morgan fingerprint density at radius 3 is 2.46 bits per heavy atom. The zero-order valence-electron chi connectivity index (χ0n) is 15.4. The average molecular weight is 370 g/mol.